The lowest BCUT2D eigenvalue weighted by atomic mass is 9.93. The Morgan fingerprint density at radius 2 is 1.88 bits per heavy atom. The van der Waals surface area contributed by atoms with Gasteiger partial charge in [-0.1, -0.05) is 13.0 Å². The van der Waals surface area contributed by atoms with Gasteiger partial charge in [0.25, 0.3) is 0 Å². The number of fused-ring (bicyclic) bond motifs is 1. The number of aryl methyl sites for hydroxylation is 1. The SMILES string of the molecule is CCc1ccc(NC(=O)N2CCCC2)cc1-c1cn2cc(NC(=O)C(C)(C)COC)cnc2n1. The minimum Gasteiger partial charge on any atom is -0.384 e. The molecule has 1 aromatic carbocycles. The van der Waals surface area contributed by atoms with Crippen molar-refractivity contribution >= 4 is 29.1 Å². The maximum absolute atomic E-state index is 12.6. The number of aromatic nitrogens is 3. The summed E-state index contributed by atoms with van der Waals surface area (Å²) in [4.78, 5) is 36.1. The van der Waals surface area contributed by atoms with Gasteiger partial charge in [0.2, 0.25) is 11.7 Å². The number of benzene rings is 1. The Balaban J connectivity index is 1.59. The summed E-state index contributed by atoms with van der Waals surface area (Å²) in [5.74, 6) is 0.378. The van der Waals surface area contributed by atoms with Crippen molar-refractivity contribution in [2.45, 2.75) is 40.0 Å². The van der Waals surface area contributed by atoms with E-state index < -0.39 is 5.41 Å². The van der Waals surface area contributed by atoms with Crippen LogP contribution in [0.25, 0.3) is 17.0 Å². The lowest BCUT2D eigenvalue weighted by Crippen LogP contribution is -2.34. The monoisotopic (exact) mass is 464 g/mol. The Morgan fingerprint density at radius 1 is 1.12 bits per heavy atom. The fourth-order valence-corrected chi connectivity index (χ4v) is 4.13. The molecule has 0 aliphatic carbocycles. The van der Waals surface area contributed by atoms with Gasteiger partial charge in [-0.25, -0.2) is 14.8 Å². The summed E-state index contributed by atoms with van der Waals surface area (Å²) in [5, 5.41) is 5.92. The molecule has 1 aliphatic rings. The van der Waals surface area contributed by atoms with E-state index in [0.29, 0.717) is 18.1 Å². The first kappa shape index (κ1) is 23.7. The number of nitrogens with one attached hydrogen (secondary N) is 2. The molecule has 4 rings (SSSR count). The number of ether oxygens (including phenoxy) is 1. The number of anilines is 2. The standard InChI is InChI=1S/C25H32N6O3/c1-5-17-8-9-18(28-24(33)30-10-6-7-11-30)12-20(17)21-15-31-14-19(13-26-23(31)29-21)27-22(32)25(2,3)16-34-4/h8-9,12-15H,5-7,10-11,16H2,1-4H3,(H,27,32)(H,28,33). The van der Waals surface area contributed by atoms with E-state index in [0.717, 1.165) is 54.9 Å². The van der Waals surface area contributed by atoms with Crippen molar-refractivity contribution in [3.05, 3.63) is 42.4 Å². The van der Waals surface area contributed by atoms with Crippen LogP contribution in [0.5, 0.6) is 0 Å². The van der Waals surface area contributed by atoms with E-state index in [1.54, 1.807) is 23.9 Å². The predicted octanol–water partition coefficient (Wildman–Crippen LogP) is 4.20. The molecule has 0 radical (unpaired) electrons. The summed E-state index contributed by atoms with van der Waals surface area (Å²) in [7, 11) is 1.58. The van der Waals surface area contributed by atoms with E-state index in [2.05, 4.69) is 27.5 Å². The van der Waals surface area contributed by atoms with Crippen molar-refractivity contribution in [2.75, 3.05) is 37.4 Å². The van der Waals surface area contributed by atoms with Crippen molar-refractivity contribution in [1.82, 2.24) is 19.3 Å². The normalized spacial score (nSPS) is 13.9. The van der Waals surface area contributed by atoms with Gasteiger partial charge in [-0.2, -0.15) is 0 Å². The molecule has 0 unspecified atom stereocenters. The van der Waals surface area contributed by atoms with Crippen molar-refractivity contribution < 1.29 is 14.3 Å². The molecular weight excluding hydrogens is 432 g/mol. The molecule has 0 bridgehead atoms. The maximum atomic E-state index is 12.6. The molecule has 9 heteroatoms. The third kappa shape index (κ3) is 5.04. The van der Waals surface area contributed by atoms with Crippen LogP contribution >= 0.6 is 0 Å². The van der Waals surface area contributed by atoms with E-state index >= 15 is 0 Å². The Bertz CT molecular complexity index is 1200. The highest BCUT2D eigenvalue weighted by molar-refractivity contribution is 5.94. The Morgan fingerprint density at radius 3 is 2.59 bits per heavy atom. The number of carbonyl (C=O) groups excluding carboxylic acids is 2. The summed E-state index contributed by atoms with van der Waals surface area (Å²) in [5.41, 5.74) is 3.47. The van der Waals surface area contributed by atoms with Crippen LogP contribution in [0.15, 0.2) is 36.8 Å². The lowest BCUT2D eigenvalue weighted by molar-refractivity contribution is -0.126. The number of imidazole rings is 1. The third-order valence-corrected chi connectivity index (χ3v) is 6.10. The molecule has 2 N–H and O–H groups in total. The van der Waals surface area contributed by atoms with Crippen LogP contribution in [0.2, 0.25) is 0 Å². The highest BCUT2D eigenvalue weighted by Crippen LogP contribution is 2.28. The first-order valence-corrected chi connectivity index (χ1v) is 11.6. The molecule has 1 fully saturated rings. The zero-order valence-corrected chi connectivity index (χ0v) is 20.2. The summed E-state index contributed by atoms with van der Waals surface area (Å²) in [6.07, 6.45) is 8.21. The molecule has 1 aliphatic heterocycles. The number of likely N-dealkylation sites (tertiary alicyclic amines) is 1. The molecule has 9 nitrogen and oxygen atoms in total. The fraction of sp³-hybridized carbons (Fsp3) is 0.440. The van der Waals surface area contributed by atoms with Gasteiger partial charge >= 0.3 is 6.03 Å². The van der Waals surface area contributed by atoms with Crippen LogP contribution in [0.1, 0.15) is 39.2 Å². The quantitative estimate of drug-likeness (QED) is 0.546. The van der Waals surface area contributed by atoms with Crippen LogP contribution in [0.4, 0.5) is 16.2 Å². The number of urea groups is 1. The van der Waals surface area contributed by atoms with Gasteiger partial charge in [0.05, 0.1) is 29.6 Å². The summed E-state index contributed by atoms with van der Waals surface area (Å²) in [6.45, 7) is 7.65. The topological polar surface area (TPSA) is 101 Å². The highest BCUT2D eigenvalue weighted by Gasteiger charge is 2.28. The van der Waals surface area contributed by atoms with Crippen LogP contribution in [0.3, 0.4) is 0 Å². The molecule has 0 spiro atoms. The molecule has 2 aromatic heterocycles. The number of methoxy groups -OCH3 is 1. The van der Waals surface area contributed by atoms with E-state index in [4.69, 9.17) is 4.74 Å². The minimum absolute atomic E-state index is 0.0684. The van der Waals surface area contributed by atoms with Crippen LogP contribution in [-0.4, -0.2) is 58.0 Å². The number of hydrogen-bond donors (Lipinski definition) is 2. The Hall–Kier alpha value is -3.46. The van der Waals surface area contributed by atoms with Crippen LogP contribution < -0.4 is 10.6 Å². The second-order valence-corrected chi connectivity index (χ2v) is 9.30. The van der Waals surface area contributed by atoms with Crippen molar-refractivity contribution in [2.24, 2.45) is 5.41 Å². The Labute approximate surface area is 199 Å². The van der Waals surface area contributed by atoms with Gasteiger partial charge in [0.1, 0.15) is 0 Å². The second-order valence-electron chi connectivity index (χ2n) is 9.30. The van der Waals surface area contributed by atoms with Gasteiger partial charge in [0.15, 0.2) is 0 Å². The van der Waals surface area contributed by atoms with E-state index in [9.17, 15) is 9.59 Å². The van der Waals surface area contributed by atoms with Gasteiger partial charge in [-0.05, 0) is 50.8 Å². The van der Waals surface area contributed by atoms with Crippen molar-refractivity contribution in [3.8, 4) is 11.3 Å². The van der Waals surface area contributed by atoms with Gasteiger partial charge in [-0.15, -0.1) is 0 Å². The van der Waals surface area contributed by atoms with Crippen LogP contribution in [-0.2, 0) is 16.0 Å². The Kier molecular flexibility index (Phi) is 6.83. The van der Waals surface area contributed by atoms with Gasteiger partial charge in [-0.3, -0.25) is 9.20 Å². The average molecular weight is 465 g/mol. The molecule has 1 saturated heterocycles. The summed E-state index contributed by atoms with van der Waals surface area (Å²) in [6, 6.07) is 5.85. The van der Waals surface area contributed by atoms with E-state index in [1.165, 1.54) is 0 Å². The predicted molar refractivity (Wildman–Crippen MR) is 132 cm³/mol. The van der Waals surface area contributed by atoms with E-state index in [-0.39, 0.29) is 11.9 Å². The smallest absolute Gasteiger partial charge is 0.321 e. The minimum atomic E-state index is -0.667. The number of rotatable bonds is 7. The molecule has 3 heterocycles. The van der Waals surface area contributed by atoms with Crippen molar-refractivity contribution in [1.29, 1.82) is 0 Å². The number of nitrogens with zero attached hydrogens (tertiary/aromatic N) is 4. The lowest BCUT2D eigenvalue weighted by Gasteiger charge is -2.22. The first-order chi connectivity index (χ1) is 16.3. The molecule has 180 valence electrons. The van der Waals surface area contributed by atoms with Crippen LogP contribution in [0, 0.1) is 5.41 Å². The fourth-order valence-electron chi connectivity index (χ4n) is 4.13. The van der Waals surface area contributed by atoms with Gasteiger partial charge in [0, 0.05) is 43.8 Å². The largest absolute Gasteiger partial charge is 0.384 e. The summed E-state index contributed by atoms with van der Waals surface area (Å²) >= 11 is 0. The molecule has 3 aromatic rings. The highest BCUT2D eigenvalue weighted by atomic mass is 16.5. The van der Waals surface area contributed by atoms with E-state index in [1.807, 2.05) is 43.1 Å². The van der Waals surface area contributed by atoms with Gasteiger partial charge < -0.3 is 20.3 Å². The van der Waals surface area contributed by atoms with Crippen molar-refractivity contribution in [3.63, 3.8) is 0 Å². The molecule has 0 saturated carbocycles. The average Bonchev–Trinajstić information content (AvgIpc) is 3.49. The first-order valence-electron chi connectivity index (χ1n) is 11.6. The number of hydrogen-bond acceptors (Lipinski definition) is 5. The molecule has 34 heavy (non-hydrogen) atoms. The maximum Gasteiger partial charge on any atom is 0.321 e. The molecule has 3 amide bonds. The molecule has 0 atom stereocenters. The zero-order valence-electron chi connectivity index (χ0n) is 20.2. The zero-order chi connectivity index (χ0) is 24.3. The molecular formula is C25H32N6O3. The number of carbonyl (C=O) groups is 2. The summed E-state index contributed by atoms with van der Waals surface area (Å²) < 4.78 is 6.95. The second kappa shape index (κ2) is 9.80. The third-order valence-electron chi connectivity index (χ3n) is 6.10. The number of amides is 3.